The predicted octanol–water partition coefficient (Wildman–Crippen LogP) is -0.00400. The molecule has 94 valence electrons. The minimum Gasteiger partial charge on any atom is -0.459 e. The van der Waals surface area contributed by atoms with E-state index in [-0.39, 0.29) is 6.54 Å². The van der Waals surface area contributed by atoms with E-state index >= 15 is 0 Å². The molecule has 0 aromatic carbocycles. The first-order chi connectivity index (χ1) is 7.11. The van der Waals surface area contributed by atoms with Gasteiger partial charge in [0.25, 0.3) is 10.2 Å². The molecule has 6 nitrogen and oxygen atoms in total. The Morgan fingerprint density at radius 3 is 2.44 bits per heavy atom. The summed E-state index contributed by atoms with van der Waals surface area (Å²) in [6.07, 6.45) is 1.09. The van der Waals surface area contributed by atoms with Gasteiger partial charge in [-0.3, -0.25) is 4.79 Å². The number of hydrogen-bond acceptors (Lipinski definition) is 4. The average molecular weight is 250 g/mol. The summed E-state index contributed by atoms with van der Waals surface area (Å²) in [6, 6.07) is -0.769. The molecule has 0 radical (unpaired) electrons. The van der Waals surface area contributed by atoms with Crippen molar-refractivity contribution in [3.8, 4) is 0 Å². The lowest BCUT2D eigenvalue weighted by Gasteiger charge is -2.25. The Morgan fingerprint density at radius 1 is 1.44 bits per heavy atom. The summed E-state index contributed by atoms with van der Waals surface area (Å²) in [6.45, 7) is 5.49. The number of nitrogens with two attached hydrogens (primary N) is 1. The summed E-state index contributed by atoms with van der Waals surface area (Å²) >= 11 is 0. The monoisotopic (exact) mass is 250 g/mol. The maximum absolute atomic E-state index is 11.7. The molecule has 0 spiro atoms. The first-order valence-electron chi connectivity index (χ1n) is 5.14. The van der Waals surface area contributed by atoms with Crippen molar-refractivity contribution in [1.29, 1.82) is 0 Å². The molecule has 1 saturated heterocycles. The van der Waals surface area contributed by atoms with E-state index in [0.717, 1.165) is 4.31 Å². The molecule has 1 aliphatic heterocycles. The van der Waals surface area contributed by atoms with Crippen LogP contribution in [0, 0.1) is 0 Å². The van der Waals surface area contributed by atoms with E-state index < -0.39 is 27.8 Å². The highest BCUT2D eigenvalue weighted by molar-refractivity contribution is 7.86. The van der Waals surface area contributed by atoms with Crippen LogP contribution >= 0.6 is 0 Å². The lowest BCUT2D eigenvalue weighted by molar-refractivity contribution is -0.158. The molecule has 0 amide bonds. The number of carbonyl (C=O) groups is 1. The molecule has 1 fully saturated rings. The summed E-state index contributed by atoms with van der Waals surface area (Å²) in [4.78, 5) is 11.7. The second-order valence-electron chi connectivity index (χ2n) is 4.85. The second-order valence-corrected chi connectivity index (χ2v) is 6.35. The van der Waals surface area contributed by atoms with Gasteiger partial charge >= 0.3 is 5.97 Å². The molecular formula is C9H18N2O4S. The van der Waals surface area contributed by atoms with Gasteiger partial charge < -0.3 is 4.74 Å². The van der Waals surface area contributed by atoms with Gasteiger partial charge in [-0.05, 0) is 33.6 Å². The smallest absolute Gasteiger partial charge is 0.325 e. The number of ether oxygens (including phenoxy) is 1. The summed E-state index contributed by atoms with van der Waals surface area (Å²) < 4.78 is 28.6. The van der Waals surface area contributed by atoms with Gasteiger partial charge in [0.15, 0.2) is 0 Å². The number of rotatable bonds is 2. The summed E-state index contributed by atoms with van der Waals surface area (Å²) in [5, 5.41) is 5.02. The van der Waals surface area contributed by atoms with Gasteiger partial charge in [-0.15, -0.1) is 0 Å². The van der Waals surface area contributed by atoms with Crippen LogP contribution in [0.25, 0.3) is 0 Å². The Bertz CT molecular complexity index is 371. The molecule has 1 aliphatic rings. The van der Waals surface area contributed by atoms with Crippen LogP contribution in [0.5, 0.6) is 0 Å². The predicted molar refractivity (Wildman–Crippen MR) is 58.7 cm³/mol. The van der Waals surface area contributed by atoms with Crippen LogP contribution in [-0.4, -0.2) is 36.9 Å². The van der Waals surface area contributed by atoms with Crippen LogP contribution in [0.3, 0.4) is 0 Å². The Morgan fingerprint density at radius 2 is 2.00 bits per heavy atom. The molecule has 2 N–H and O–H groups in total. The SMILES string of the molecule is CC(C)(C)OC(=O)[C@@H]1CCCN1S(N)(=O)=O. The topological polar surface area (TPSA) is 89.7 Å². The van der Waals surface area contributed by atoms with Crippen molar-refractivity contribution in [2.45, 2.75) is 45.3 Å². The fraction of sp³-hybridized carbons (Fsp3) is 0.889. The molecule has 7 heteroatoms. The maximum Gasteiger partial charge on any atom is 0.325 e. The van der Waals surface area contributed by atoms with Gasteiger partial charge in [0.1, 0.15) is 11.6 Å². The zero-order chi connectivity index (χ0) is 12.6. The quantitative estimate of drug-likeness (QED) is 0.698. The molecule has 1 heterocycles. The molecule has 0 aromatic heterocycles. The van der Waals surface area contributed by atoms with Crippen LogP contribution in [0.15, 0.2) is 0 Å². The van der Waals surface area contributed by atoms with E-state index in [1.165, 1.54) is 0 Å². The van der Waals surface area contributed by atoms with Gasteiger partial charge in [-0.1, -0.05) is 0 Å². The van der Waals surface area contributed by atoms with Crippen LogP contribution < -0.4 is 5.14 Å². The average Bonchev–Trinajstić information content (AvgIpc) is 2.45. The molecule has 1 atom stereocenters. The largest absolute Gasteiger partial charge is 0.459 e. The van der Waals surface area contributed by atoms with Crippen molar-refractivity contribution in [2.24, 2.45) is 5.14 Å². The molecule has 16 heavy (non-hydrogen) atoms. The summed E-state index contributed by atoms with van der Waals surface area (Å²) in [5.74, 6) is -0.529. The Kier molecular flexibility index (Phi) is 3.61. The van der Waals surface area contributed by atoms with Gasteiger partial charge in [0.2, 0.25) is 0 Å². The third-order valence-corrected chi connectivity index (χ3v) is 3.30. The minimum absolute atomic E-state index is 0.280. The highest BCUT2D eigenvalue weighted by Crippen LogP contribution is 2.22. The van der Waals surface area contributed by atoms with E-state index in [1.807, 2.05) is 0 Å². The molecule has 1 rings (SSSR count). The molecule has 0 bridgehead atoms. The molecule has 0 unspecified atom stereocenters. The molecule has 0 aromatic rings. The van der Waals surface area contributed by atoms with Gasteiger partial charge in [-0.2, -0.15) is 12.7 Å². The first kappa shape index (κ1) is 13.4. The zero-order valence-electron chi connectivity index (χ0n) is 9.76. The van der Waals surface area contributed by atoms with Crippen molar-refractivity contribution >= 4 is 16.2 Å². The van der Waals surface area contributed by atoms with Crippen molar-refractivity contribution < 1.29 is 17.9 Å². The third kappa shape index (κ3) is 3.43. The number of carbonyl (C=O) groups excluding carboxylic acids is 1. The van der Waals surface area contributed by atoms with Crippen molar-refractivity contribution in [1.82, 2.24) is 4.31 Å². The van der Waals surface area contributed by atoms with Crippen LogP contribution in [0.1, 0.15) is 33.6 Å². The highest BCUT2D eigenvalue weighted by Gasteiger charge is 2.39. The fourth-order valence-electron chi connectivity index (χ4n) is 1.65. The van der Waals surface area contributed by atoms with E-state index in [0.29, 0.717) is 12.8 Å². The first-order valence-corrected chi connectivity index (χ1v) is 6.64. The standard InChI is InChI=1S/C9H18N2O4S/c1-9(2,3)15-8(12)7-5-4-6-11(7)16(10,13)14/h7H,4-6H2,1-3H3,(H2,10,13,14)/t7-/m0/s1. The Hall–Kier alpha value is -0.660. The van der Waals surface area contributed by atoms with Gasteiger partial charge in [-0.25, -0.2) is 5.14 Å². The second kappa shape index (κ2) is 4.31. The lowest BCUT2D eigenvalue weighted by Crippen LogP contribution is -2.46. The Balaban J connectivity index is 2.77. The van der Waals surface area contributed by atoms with Crippen LogP contribution in [0.2, 0.25) is 0 Å². The lowest BCUT2D eigenvalue weighted by atomic mass is 10.2. The zero-order valence-corrected chi connectivity index (χ0v) is 10.6. The van der Waals surface area contributed by atoms with Crippen molar-refractivity contribution in [3.63, 3.8) is 0 Å². The van der Waals surface area contributed by atoms with Crippen LogP contribution in [-0.2, 0) is 19.7 Å². The van der Waals surface area contributed by atoms with E-state index in [2.05, 4.69) is 0 Å². The number of hydrogen-bond donors (Lipinski definition) is 1. The summed E-state index contributed by atoms with van der Waals surface area (Å²) in [5.41, 5.74) is -0.621. The Labute approximate surface area is 95.9 Å². The van der Waals surface area contributed by atoms with Crippen LogP contribution in [0.4, 0.5) is 0 Å². The minimum atomic E-state index is -3.82. The highest BCUT2D eigenvalue weighted by atomic mass is 32.2. The van der Waals surface area contributed by atoms with E-state index in [1.54, 1.807) is 20.8 Å². The number of nitrogens with zero attached hydrogens (tertiary/aromatic N) is 1. The maximum atomic E-state index is 11.7. The van der Waals surface area contributed by atoms with Crippen molar-refractivity contribution in [3.05, 3.63) is 0 Å². The van der Waals surface area contributed by atoms with Crippen molar-refractivity contribution in [2.75, 3.05) is 6.54 Å². The van der Waals surface area contributed by atoms with Gasteiger partial charge in [0, 0.05) is 6.54 Å². The normalized spacial score (nSPS) is 23.4. The third-order valence-electron chi connectivity index (χ3n) is 2.21. The van der Waals surface area contributed by atoms with E-state index in [9.17, 15) is 13.2 Å². The van der Waals surface area contributed by atoms with Gasteiger partial charge in [0.05, 0.1) is 0 Å². The molecule has 0 aliphatic carbocycles. The fourth-order valence-corrected chi connectivity index (χ4v) is 2.58. The molecular weight excluding hydrogens is 232 g/mol. The van der Waals surface area contributed by atoms with E-state index in [4.69, 9.17) is 9.88 Å². The molecule has 0 saturated carbocycles. The number of esters is 1. The summed E-state index contributed by atoms with van der Waals surface area (Å²) in [7, 11) is -3.82.